The van der Waals surface area contributed by atoms with Gasteiger partial charge in [0.25, 0.3) is 0 Å². The highest BCUT2D eigenvalue weighted by molar-refractivity contribution is 9.10. The molecular weight excluding hydrogens is 334 g/mol. The smallest absolute Gasteiger partial charge is 0.241 e. The SMILES string of the molecule is O=S(=O)(NCC1(O)CCOCC1)c1ccccc1Br. The van der Waals surface area contributed by atoms with Gasteiger partial charge in [0.2, 0.25) is 10.0 Å². The molecule has 0 spiro atoms. The van der Waals surface area contributed by atoms with Crippen molar-refractivity contribution in [2.24, 2.45) is 0 Å². The van der Waals surface area contributed by atoms with E-state index in [1.54, 1.807) is 18.2 Å². The number of rotatable bonds is 4. The van der Waals surface area contributed by atoms with Crippen molar-refractivity contribution in [3.8, 4) is 0 Å². The average Bonchev–Trinajstić information content (AvgIpc) is 2.38. The van der Waals surface area contributed by atoms with Crippen LogP contribution in [0.15, 0.2) is 33.6 Å². The maximum absolute atomic E-state index is 12.2. The third kappa shape index (κ3) is 3.76. The van der Waals surface area contributed by atoms with E-state index in [2.05, 4.69) is 20.7 Å². The predicted octanol–water partition coefficient (Wildman–Crippen LogP) is 1.27. The second-order valence-corrected chi connectivity index (χ2v) is 7.18. The molecule has 0 atom stereocenters. The molecule has 0 unspecified atom stereocenters. The standard InChI is InChI=1S/C12H16BrNO4S/c13-10-3-1-2-4-11(10)19(16,17)14-9-12(15)5-7-18-8-6-12/h1-4,14-15H,5-9H2. The summed E-state index contributed by atoms with van der Waals surface area (Å²) in [5, 5.41) is 10.2. The van der Waals surface area contributed by atoms with Crippen molar-refractivity contribution in [1.82, 2.24) is 4.72 Å². The Morgan fingerprint density at radius 3 is 2.58 bits per heavy atom. The fraction of sp³-hybridized carbons (Fsp3) is 0.500. The van der Waals surface area contributed by atoms with Gasteiger partial charge in [0, 0.05) is 37.1 Å². The minimum Gasteiger partial charge on any atom is -0.388 e. The lowest BCUT2D eigenvalue weighted by atomic mass is 9.95. The minimum atomic E-state index is -3.63. The van der Waals surface area contributed by atoms with Crippen molar-refractivity contribution < 1.29 is 18.3 Å². The van der Waals surface area contributed by atoms with Gasteiger partial charge in [0.15, 0.2) is 0 Å². The molecule has 1 aromatic carbocycles. The molecule has 1 aromatic rings. The Labute approximate surface area is 121 Å². The molecule has 1 heterocycles. The summed E-state index contributed by atoms with van der Waals surface area (Å²) in [6, 6.07) is 6.58. The molecule has 0 aliphatic carbocycles. The summed E-state index contributed by atoms with van der Waals surface area (Å²) in [6.45, 7) is 0.903. The van der Waals surface area contributed by atoms with Crippen LogP contribution in [0.3, 0.4) is 0 Å². The molecule has 1 aliphatic rings. The Morgan fingerprint density at radius 2 is 1.95 bits per heavy atom. The van der Waals surface area contributed by atoms with Gasteiger partial charge >= 0.3 is 0 Å². The lowest BCUT2D eigenvalue weighted by molar-refractivity contribution is -0.0588. The van der Waals surface area contributed by atoms with E-state index >= 15 is 0 Å². The van der Waals surface area contributed by atoms with E-state index in [0.717, 1.165) is 0 Å². The fourth-order valence-electron chi connectivity index (χ4n) is 1.90. The van der Waals surface area contributed by atoms with E-state index in [0.29, 0.717) is 30.5 Å². The van der Waals surface area contributed by atoms with Crippen molar-refractivity contribution in [3.05, 3.63) is 28.7 Å². The Balaban J connectivity index is 2.08. The van der Waals surface area contributed by atoms with E-state index in [1.807, 2.05) is 0 Å². The highest BCUT2D eigenvalue weighted by Gasteiger charge is 2.31. The highest BCUT2D eigenvalue weighted by atomic mass is 79.9. The third-order valence-electron chi connectivity index (χ3n) is 3.14. The number of nitrogens with one attached hydrogen (secondary N) is 1. The Hall–Kier alpha value is -0.470. The summed E-state index contributed by atoms with van der Waals surface area (Å²) in [4.78, 5) is 0.172. The van der Waals surface area contributed by atoms with Crippen LogP contribution in [0.5, 0.6) is 0 Å². The number of hydrogen-bond donors (Lipinski definition) is 2. The van der Waals surface area contributed by atoms with Gasteiger partial charge in [-0.15, -0.1) is 0 Å². The second kappa shape index (κ2) is 5.88. The number of sulfonamides is 1. The number of halogens is 1. The molecule has 0 amide bonds. The lowest BCUT2D eigenvalue weighted by Gasteiger charge is -2.32. The maximum Gasteiger partial charge on any atom is 0.241 e. The summed E-state index contributed by atoms with van der Waals surface area (Å²) < 4.78 is 32.4. The van der Waals surface area contributed by atoms with Gasteiger partial charge < -0.3 is 9.84 Å². The van der Waals surface area contributed by atoms with E-state index in [-0.39, 0.29) is 11.4 Å². The van der Waals surface area contributed by atoms with Crippen molar-refractivity contribution in [1.29, 1.82) is 0 Å². The van der Waals surface area contributed by atoms with E-state index < -0.39 is 15.6 Å². The van der Waals surface area contributed by atoms with Crippen LogP contribution in [0.1, 0.15) is 12.8 Å². The topological polar surface area (TPSA) is 75.6 Å². The molecule has 19 heavy (non-hydrogen) atoms. The van der Waals surface area contributed by atoms with Crippen molar-refractivity contribution in [2.45, 2.75) is 23.3 Å². The van der Waals surface area contributed by atoms with Crippen LogP contribution in [0.2, 0.25) is 0 Å². The highest BCUT2D eigenvalue weighted by Crippen LogP contribution is 2.23. The molecular formula is C12H16BrNO4S. The van der Waals surface area contributed by atoms with Crippen LogP contribution in [0.4, 0.5) is 0 Å². The monoisotopic (exact) mass is 349 g/mol. The molecule has 7 heteroatoms. The predicted molar refractivity (Wildman–Crippen MR) is 74.3 cm³/mol. The first-order valence-corrected chi connectivity index (χ1v) is 8.25. The molecule has 0 bridgehead atoms. The first-order valence-electron chi connectivity index (χ1n) is 5.97. The van der Waals surface area contributed by atoms with Gasteiger partial charge in [-0.2, -0.15) is 0 Å². The van der Waals surface area contributed by atoms with Gasteiger partial charge in [0.05, 0.1) is 10.5 Å². The molecule has 0 saturated carbocycles. The molecule has 1 saturated heterocycles. The largest absolute Gasteiger partial charge is 0.388 e. The van der Waals surface area contributed by atoms with Crippen LogP contribution in [-0.4, -0.2) is 38.9 Å². The number of hydrogen-bond acceptors (Lipinski definition) is 4. The molecule has 2 rings (SSSR count). The second-order valence-electron chi connectivity index (χ2n) is 4.59. The molecule has 5 nitrogen and oxygen atoms in total. The quantitative estimate of drug-likeness (QED) is 0.858. The van der Waals surface area contributed by atoms with Crippen molar-refractivity contribution >= 4 is 26.0 Å². The summed E-state index contributed by atoms with van der Waals surface area (Å²) in [7, 11) is -3.63. The molecule has 0 radical (unpaired) electrons. The molecule has 1 aliphatic heterocycles. The van der Waals surface area contributed by atoms with Gasteiger partial charge in [-0.3, -0.25) is 0 Å². The van der Waals surface area contributed by atoms with Crippen LogP contribution < -0.4 is 4.72 Å². The number of aliphatic hydroxyl groups is 1. The Kier molecular flexibility index (Phi) is 4.62. The zero-order valence-electron chi connectivity index (χ0n) is 10.3. The fourth-order valence-corrected chi connectivity index (χ4v) is 4.02. The molecule has 1 fully saturated rings. The Bertz CT molecular complexity index is 540. The first-order chi connectivity index (χ1) is 8.93. The molecule has 0 aromatic heterocycles. The first kappa shape index (κ1) is 14.9. The van der Waals surface area contributed by atoms with Crippen LogP contribution in [0.25, 0.3) is 0 Å². The van der Waals surface area contributed by atoms with Crippen molar-refractivity contribution in [3.63, 3.8) is 0 Å². The van der Waals surface area contributed by atoms with E-state index in [1.165, 1.54) is 6.07 Å². The third-order valence-corrected chi connectivity index (χ3v) is 5.55. The normalized spacial score (nSPS) is 19.3. The summed E-state index contributed by atoms with van der Waals surface area (Å²) in [5.41, 5.74) is -1.02. The van der Waals surface area contributed by atoms with E-state index in [9.17, 15) is 13.5 Å². The summed E-state index contributed by atoms with van der Waals surface area (Å²) in [6.07, 6.45) is 0.872. The minimum absolute atomic E-state index is 0.0000274. The summed E-state index contributed by atoms with van der Waals surface area (Å²) >= 11 is 3.21. The van der Waals surface area contributed by atoms with Gasteiger partial charge in [-0.25, -0.2) is 13.1 Å². The van der Waals surface area contributed by atoms with Gasteiger partial charge in [-0.05, 0) is 28.1 Å². The van der Waals surface area contributed by atoms with Gasteiger partial charge in [0.1, 0.15) is 0 Å². The van der Waals surface area contributed by atoms with Crippen LogP contribution in [0, 0.1) is 0 Å². The van der Waals surface area contributed by atoms with Gasteiger partial charge in [-0.1, -0.05) is 12.1 Å². The summed E-state index contributed by atoms with van der Waals surface area (Å²) in [5.74, 6) is 0. The van der Waals surface area contributed by atoms with Crippen LogP contribution in [-0.2, 0) is 14.8 Å². The Morgan fingerprint density at radius 1 is 1.32 bits per heavy atom. The van der Waals surface area contributed by atoms with E-state index in [4.69, 9.17) is 4.74 Å². The zero-order chi connectivity index (χ0) is 13.9. The average molecular weight is 350 g/mol. The zero-order valence-corrected chi connectivity index (χ0v) is 12.7. The number of ether oxygens (including phenoxy) is 1. The molecule has 2 N–H and O–H groups in total. The lowest BCUT2D eigenvalue weighted by Crippen LogP contribution is -2.46. The van der Waals surface area contributed by atoms with Crippen molar-refractivity contribution in [2.75, 3.05) is 19.8 Å². The molecule has 106 valence electrons. The van der Waals surface area contributed by atoms with Crippen LogP contribution >= 0.6 is 15.9 Å². The number of benzene rings is 1. The maximum atomic E-state index is 12.2.